The summed E-state index contributed by atoms with van der Waals surface area (Å²) < 4.78 is 2.90. The maximum absolute atomic E-state index is 6.29. The van der Waals surface area contributed by atoms with Crippen molar-refractivity contribution in [2.45, 2.75) is 19.0 Å². The van der Waals surface area contributed by atoms with Crippen molar-refractivity contribution in [2.24, 2.45) is 5.73 Å². The topological polar surface area (TPSA) is 140 Å². The smallest absolute Gasteiger partial charge is 0.165 e. The number of nitrogen functional groups attached to an aromatic ring is 1. The van der Waals surface area contributed by atoms with Gasteiger partial charge in [-0.1, -0.05) is 27.5 Å². The lowest BCUT2D eigenvalue weighted by molar-refractivity contribution is 0.751. The van der Waals surface area contributed by atoms with Crippen LogP contribution in [0.3, 0.4) is 0 Å². The molecule has 1 aliphatic rings. The monoisotopic (exact) mass is 490 g/mol. The molecule has 0 amide bonds. The Bertz CT molecular complexity index is 1110. The van der Waals surface area contributed by atoms with Crippen LogP contribution in [0.15, 0.2) is 41.9 Å². The molecule has 1 fully saturated rings. The van der Waals surface area contributed by atoms with E-state index in [2.05, 4.69) is 51.0 Å². The lowest BCUT2D eigenvalue weighted by Gasteiger charge is -2.23. The number of H-pyrrole nitrogens is 1. The molecule has 1 saturated heterocycles. The highest BCUT2D eigenvalue weighted by Gasteiger charge is 2.23. The highest BCUT2D eigenvalue weighted by molar-refractivity contribution is 9.10. The fraction of sp³-hybridized carbons (Fsp3) is 0.278. The van der Waals surface area contributed by atoms with Crippen molar-refractivity contribution in [1.29, 1.82) is 0 Å². The number of nitrogens with one attached hydrogen (secondary N) is 1. The van der Waals surface area contributed by atoms with Crippen LogP contribution < -0.4 is 16.4 Å². The number of fused-ring (bicyclic) bond motifs is 1. The van der Waals surface area contributed by atoms with E-state index < -0.39 is 0 Å². The largest absolute Gasteiger partial charge is 0.382 e. The standard InChI is InChI=1S/C16H17BrClN7.C2H3N3/c17-12-3-9(18)4-13(24-2-1-10(19)5-24)11(12)6-25-8-23-14-15(20)21-7-22-16(14)25;1-3-2-5-4-1/h3-4,7-8,10H,1-2,5-6,19H2,(H2,20,21,22);1-2H,(H,3,4,5). The van der Waals surface area contributed by atoms with Crippen LogP contribution >= 0.6 is 27.5 Å². The highest BCUT2D eigenvalue weighted by atomic mass is 79.9. The van der Waals surface area contributed by atoms with Crippen molar-refractivity contribution < 1.29 is 0 Å². The number of aromatic amines is 1. The summed E-state index contributed by atoms with van der Waals surface area (Å²) in [5.41, 5.74) is 15.5. The number of nitrogens with zero attached hydrogens (tertiary/aromatic N) is 7. The first-order valence-electron chi connectivity index (χ1n) is 9.21. The third-order valence-corrected chi connectivity index (χ3v) is 5.72. The molecular formula is C18H20BrClN10. The van der Waals surface area contributed by atoms with E-state index in [9.17, 15) is 0 Å². The first kappa shape index (κ1) is 20.5. The second kappa shape index (κ2) is 8.94. The molecule has 1 atom stereocenters. The van der Waals surface area contributed by atoms with Gasteiger partial charge in [0.15, 0.2) is 11.5 Å². The van der Waals surface area contributed by atoms with Crippen molar-refractivity contribution in [1.82, 2.24) is 34.7 Å². The normalized spacial score (nSPS) is 16.0. The summed E-state index contributed by atoms with van der Waals surface area (Å²) in [6.45, 7) is 2.33. The minimum Gasteiger partial charge on any atom is -0.382 e. The van der Waals surface area contributed by atoms with Gasteiger partial charge in [0, 0.05) is 39.9 Å². The summed E-state index contributed by atoms with van der Waals surface area (Å²) in [6.07, 6.45) is 7.12. The second-order valence-electron chi connectivity index (χ2n) is 6.84. The third-order valence-electron chi connectivity index (χ3n) is 4.79. The first-order valence-corrected chi connectivity index (χ1v) is 10.4. The Kier molecular flexibility index (Phi) is 6.11. The average molecular weight is 492 g/mol. The molecule has 0 spiro atoms. The Labute approximate surface area is 185 Å². The van der Waals surface area contributed by atoms with Gasteiger partial charge in [0.25, 0.3) is 0 Å². The number of hydrogen-bond acceptors (Lipinski definition) is 8. The summed E-state index contributed by atoms with van der Waals surface area (Å²) in [5, 5.41) is 6.67. The van der Waals surface area contributed by atoms with E-state index in [1.54, 1.807) is 6.33 Å². The van der Waals surface area contributed by atoms with Gasteiger partial charge in [-0.2, -0.15) is 5.10 Å². The first-order chi connectivity index (χ1) is 14.5. The molecule has 5 N–H and O–H groups in total. The van der Waals surface area contributed by atoms with Gasteiger partial charge in [-0.05, 0) is 18.6 Å². The average Bonchev–Trinajstić information content (AvgIpc) is 3.47. The third kappa shape index (κ3) is 4.37. The predicted octanol–water partition coefficient (Wildman–Crippen LogP) is 2.21. The van der Waals surface area contributed by atoms with E-state index in [4.69, 9.17) is 23.1 Å². The Morgan fingerprint density at radius 3 is 2.77 bits per heavy atom. The molecule has 156 valence electrons. The maximum Gasteiger partial charge on any atom is 0.165 e. The van der Waals surface area contributed by atoms with Crippen LogP contribution in [0, 0.1) is 0 Å². The van der Waals surface area contributed by atoms with Crippen molar-refractivity contribution >= 4 is 50.2 Å². The van der Waals surface area contributed by atoms with Gasteiger partial charge in [-0.25, -0.2) is 19.9 Å². The fourth-order valence-electron chi connectivity index (χ4n) is 3.39. The van der Waals surface area contributed by atoms with Crippen LogP contribution in [-0.4, -0.2) is 53.8 Å². The van der Waals surface area contributed by atoms with Crippen LogP contribution in [0.4, 0.5) is 11.5 Å². The minimum absolute atomic E-state index is 0.187. The van der Waals surface area contributed by atoms with Gasteiger partial charge < -0.3 is 20.9 Å². The Morgan fingerprint density at radius 1 is 1.23 bits per heavy atom. The van der Waals surface area contributed by atoms with Gasteiger partial charge in [-0.15, -0.1) is 0 Å². The molecular weight excluding hydrogens is 472 g/mol. The zero-order chi connectivity index (χ0) is 21.1. The molecule has 0 saturated carbocycles. The quantitative estimate of drug-likeness (QED) is 0.396. The van der Waals surface area contributed by atoms with E-state index in [1.165, 1.54) is 19.0 Å². The molecule has 0 aliphatic carbocycles. The molecule has 30 heavy (non-hydrogen) atoms. The van der Waals surface area contributed by atoms with Crippen LogP contribution in [-0.2, 0) is 6.54 Å². The number of halogens is 2. The van der Waals surface area contributed by atoms with Gasteiger partial charge >= 0.3 is 0 Å². The van der Waals surface area contributed by atoms with Gasteiger partial charge in [0.05, 0.1) is 12.9 Å². The van der Waals surface area contributed by atoms with Crippen molar-refractivity contribution in [2.75, 3.05) is 23.7 Å². The molecule has 0 bridgehead atoms. The summed E-state index contributed by atoms with van der Waals surface area (Å²) in [5.74, 6) is 0.379. The van der Waals surface area contributed by atoms with E-state index in [0.717, 1.165) is 35.2 Å². The van der Waals surface area contributed by atoms with Crippen molar-refractivity contribution in [3.05, 3.63) is 52.5 Å². The van der Waals surface area contributed by atoms with Crippen LogP contribution in [0.2, 0.25) is 5.02 Å². The zero-order valence-electron chi connectivity index (χ0n) is 15.9. The number of benzene rings is 1. The molecule has 10 nitrogen and oxygen atoms in total. The predicted molar refractivity (Wildman–Crippen MR) is 119 cm³/mol. The van der Waals surface area contributed by atoms with E-state index in [1.807, 2.05) is 16.7 Å². The molecule has 1 unspecified atom stereocenters. The second-order valence-corrected chi connectivity index (χ2v) is 8.13. The Morgan fingerprint density at radius 2 is 2.10 bits per heavy atom. The van der Waals surface area contributed by atoms with Crippen molar-refractivity contribution in [3.63, 3.8) is 0 Å². The molecule has 1 aromatic carbocycles. The molecule has 4 heterocycles. The highest BCUT2D eigenvalue weighted by Crippen LogP contribution is 2.34. The molecule has 0 radical (unpaired) electrons. The van der Waals surface area contributed by atoms with Gasteiger partial charge in [-0.3, -0.25) is 5.10 Å². The summed E-state index contributed by atoms with van der Waals surface area (Å²) in [6, 6.07) is 4.08. The molecule has 12 heteroatoms. The van der Waals surface area contributed by atoms with E-state index >= 15 is 0 Å². The Balaban J connectivity index is 0.000000383. The van der Waals surface area contributed by atoms with Gasteiger partial charge in [0.1, 0.15) is 24.5 Å². The van der Waals surface area contributed by atoms with Crippen LogP contribution in [0.25, 0.3) is 11.2 Å². The van der Waals surface area contributed by atoms with Gasteiger partial charge in [0.2, 0.25) is 0 Å². The van der Waals surface area contributed by atoms with Crippen LogP contribution in [0.1, 0.15) is 12.0 Å². The van der Waals surface area contributed by atoms with E-state index in [-0.39, 0.29) is 6.04 Å². The number of anilines is 2. The van der Waals surface area contributed by atoms with Crippen LogP contribution in [0.5, 0.6) is 0 Å². The van der Waals surface area contributed by atoms with E-state index in [0.29, 0.717) is 28.5 Å². The fourth-order valence-corrected chi connectivity index (χ4v) is 4.31. The zero-order valence-corrected chi connectivity index (χ0v) is 18.3. The number of hydrogen-bond donors (Lipinski definition) is 3. The lowest BCUT2D eigenvalue weighted by atomic mass is 10.1. The lowest BCUT2D eigenvalue weighted by Crippen LogP contribution is -2.27. The molecule has 4 aromatic rings. The molecule has 3 aromatic heterocycles. The SMILES string of the molecule is Nc1ncnc2c1ncn2Cc1c(Br)cc(Cl)cc1N1CCC(N)C1.c1nc[nH]n1. The summed E-state index contributed by atoms with van der Waals surface area (Å²) >= 11 is 9.94. The maximum atomic E-state index is 6.29. The number of imidazole rings is 1. The number of aromatic nitrogens is 7. The summed E-state index contributed by atoms with van der Waals surface area (Å²) in [7, 11) is 0. The molecule has 5 rings (SSSR count). The van der Waals surface area contributed by atoms with Crippen molar-refractivity contribution in [3.8, 4) is 0 Å². The summed E-state index contributed by atoms with van der Waals surface area (Å²) in [4.78, 5) is 18.5. The molecule has 1 aliphatic heterocycles. The number of rotatable bonds is 3. The Hall–Kier alpha value is -2.76. The minimum atomic E-state index is 0.187. The number of nitrogens with two attached hydrogens (primary N) is 2.